The van der Waals surface area contributed by atoms with Crippen LogP contribution in [0.4, 0.5) is 0 Å². The van der Waals surface area contributed by atoms with Gasteiger partial charge in [-0.05, 0) is 50.1 Å². The lowest BCUT2D eigenvalue weighted by Gasteiger charge is -2.18. The van der Waals surface area contributed by atoms with Crippen molar-refractivity contribution in [2.45, 2.75) is 20.0 Å². The maximum Gasteiger partial charge on any atom is 0.254 e. The highest BCUT2D eigenvalue weighted by molar-refractivity contribution is 5.95. The van der Waals surface area contributed by atoms with Gasteiger partial charge in [0.25, 0.3) is 5.91 Å². The van der Waals surface area contributed by atoms with E-state index in [-0.39, 0.29) is 30.7 Å². The minimum absolute atomic E-state index is 0. The third kappa shape index (κ3) is 5.99. The topological polar surface area (TPSA) is 77.7 Å². The van der Waals surface area contributed by atoms with Crippen molar-refractivity contribution in [3.05, 3.63) is 53.9 Å². The fraction of sp³-hybridized carbons (Fsp3) is 0.400. The van der Waals surface area contributed by atoms with E-state index in [4.69, 9.17) is 15.2 Å². The molecule has 1 saturated heterocycles. The fourth-order valence-electron chi connectivity index (χ4n) is 3.07. The number of benzene rings is 1. The van der Waals surface area contributed by atoms with Crippen molar-refractivity contribution in [1.82, 2.24) is 9.88 Å². The monoisotopic (exact) mass is 427 g/mol. The molecule has 1 amide bonds. The number of ether oxygens (including phenoxy) is 2. The number of nitrogens with zero attached hydrogens (tertiary/aromatic N) is 2. The second-order valence-electron chi connectivity index (χ2n) is 6.39. The molecule has 6 nitrogen and oxygen atoms in total. The zero-order chi connectivity index (χ0) is 18.4. The number of hydrogen-bond acceptors (Lipinski definition) is 5. The van der Waals surface area contributed by atoms with Crippen molar-refractivity contribution in [2.24, 2.45) is 11.7 Å². The van der Waals surface area contributed by atoms with Crippen molar-refractivity contribution < 1.29 is 14.3 Å². The first kappa shape index (κ1) is 24.0. The average Bonchev–Trinajstić information content (AvgIpc) is 3.17. The Balaban J connectivity index is 0.00000196. The summed E-state index contributed by atoms with van der Waals surface area (Å²) in [6.07, 6.45) is 4.45. The number of nitrogens with two attached hydrogens (primary N) is 1. The number of amides is 1. The smallest absolute Gasteiger partial charge is 0.254 e. The van der Waals surface area contributed by atoms with Crippen LogP contribution in [0.3, 0.4) is 0 Å². The Labute approximate surface area is 178 Å². The van der Waals surface area contributed by atoms with Crippen LogP contribution in [0.2, 0.25) is 0 Å². The molecule has 0 bridgehead atoms. The Morgan fingerprint density at radius 2 is 2.07 bits per heavy atom. The van der Waals surface area contributed by atoms with Crippen LogP contribution in [0.15, 0.2) is 42.7 Å². The second kappa shape index (κ2) is 11.7. The van der Waals surface area contributed by atoms with Crippen LogP contribution in [0.5, 0.6) is 11.5 Å². The Morgan fingerprint density at radius 3 is 2.71 bits per heavy atom. The van der Waals surface area contributed by atoms with Crippen LogP contribution >= 0.6 is 24.8 Å². The largest absolute Gasteiger partial charge is 0.490 e. The molecule has 1 aliphatic rings. The normalized spacial score (nSPS) is 15.4. The van der Waals surface area contributed by atoms with Gasteiger partial charge in [-0.1, -0.05) is 6.07 Å². The van der Waals surface area contributed by atoms with Crippen molar-refractivity contribution >= 4 is 30.7 Å². The number of halogens is 2. The first-order valence-corrected chi connectivity index (χ1v) is 8.99. The van der Waals surface area contributed by atoms with Gasteiger partial charge in [0, 0.05) is 36.6 Å². The zero-order valence-electron chi connectivity index (χ0n) is 15.9. The van der Waals surface area contributed by atoms with Crippen LogP contribution in [-0.2, 0) is 6.61 Å². The van der Waals surface area contributed by atoms with E-state index in [1.165, 1.54) is 0 Å². The highest BCUT2D eigenvalue weighted by Crippen LogP contribution is 2.30. The third-order valence-electron chi connectivity index (χ3n) is 4.51. The Hall–Kier alpha value is -2.02. The van der Waals surface area contributed by atoms with Crippen LogP contribution < -0.4 is 15.2 Å². The van der Waals surface area contributed by atoms with Crippen LogP contribution in [0.1, 0.15) is 29.3 Å². The zero-order valence-corrected chi connectivity index (χ0v) is 17.5. The van der Waals surface area contributed by atoms with Gasteiger partial charge >= 0.3 is 0 Å². The first-order chi connectivity index (χ1) is 12.7. The van der Waals surface area contributed by atoms with Gasteiger partial charge in [0.05, 0.1) is 6.61 Å². The van der Waals surface area contributed by atoms with E-state index < -0.39 is 0 Å². The molecule has 2 N–H and O–H groups in total. The predicted molar refractivity (Wildman–Crippen MR) is 114 cm³/mol. The van der Waals surface area contributed by atoms with Crippen molar-refractivity contribution in [1.29, 1.82) is 0 Å². The molecule has 0 spiro atoms. The lowest BCUT2D eigenvalue weighted by molar-refractivity contribution is 0.0787. The summed E-state index contributed by atoms with van der Waals surface area (Å²) in [5.74, 6) is 1.61. The first-order valence-electron chi connectivity index (χ1n) is 8.99. The molecular formula is C20H27Cl2N3O3. The van der Waals surface area contributed by atoms with Crippen LogP contribution in [-0.4, -0.2) is 42.0 Å². The van der Waals surface area contributed by atoms with Crippen molar-refractivity contribution in [2.75, 3.05) is 26.2 Å². The lowest BCUT2D eigenvalue weighted by atomic mass is 10.1. The van der Waals surface area contributed by atoms with E-state index in [0.717, 1.165) is 25.1 Å². The number of pyridine rings is 1. The molecule has 0 aliphatic carbocycles. The summed E-state index contributed by atoms with van der Waals surface area (Å²) in [4.78, 5) is 18.7. The SMILES string of the molecule is CCOc1cc(C(=O)N2CCC(CN)C2)ccc1OCc1cccnc1.Cl.Cl. The molecule has 154 valence electrons. The molecule has 1 aliphatic heterocycles. The molecular weight excluding hydrogens is 401 g/mol. The van der Waals surface area contributed by atoms with E-state index in [1.54, 1.807) is 30.6 Å². The van der Waals surface area contributed by atoms with Gasteiger partial charge in [0.1, 0.15) is 6.61 Å². The standard InChI is InChI=1S/C20H25N3O3.2ClH/c1-2-25-19-10-17(20(24)23-9-7-15(11-21)13-23)5-6-18(19)26-14-16-4-3-8-22-12-16;;/h3-6,8,10,12,15H,2,7,9,11,13-14,21H2,1H3;2*1H. The molecule has 0 radical (unpaired) electrons. The number of likely N-dealkylation sites (tertiary alicyclic amines) is 1. The van der Waals surface area contributed by atoms with Crippen LogP contribution in [0.25, 0.3) is 0 Å². The van der Waals surface area contributed by atoms with Crippen molar-refractivity contribution in [3.8, 4) is 11.5 Å². The van der Waals surface area contributed by atoms with E-state index in [2.05, 4.69) is 4.98 Å². The minimum Gasteiger partial charge on any atom is -0.490 e. The highest BCUT2D eigenvalue weighted by atomic mass is 35.5. The van der Waals surface area contributed by atoms with Crippen LogP contribution in [0, 0.1) is 5.92 Å². The van der Waals surface area contributed by atoms with Gasteiger partial charge in [-0.15, -0.1) is 24.8 Å². The van der Waals surface area contributed by atoms with Gasteiger partial charge in [0.2, 0.25) is 0 Å². The van der Waals surface area contributed by atoms with Gasteiger partial charge in [0.15, 0.2) is 11.5 Å². The molecule has 1 fully saturated rings. The summed E-state index contributed by atoms with van der Waals surface area (Å²) in [7, 11) is 0. The summed E-state index contributed by atoms with van der Waals surface area (Å²) in [6, 6.07) is 9.17. The van der Waals surface area contributed by atoms with Gasteiger partial charge in [-0.25, -0.2) is 0 Å². The lowest BCUT2D eigenvalue weighted by Crippen LogP contribution is -2.29. The molecule has 1 unspecified atom stereocenters. The van der Waals surface area contributed by atoms with Gasteiger partial charge < -0.3 is 20.1 Å². The third-order valence-corrected chi connectivity index (χ3v) is 4.51. The summed E-state index contributed by atoms with van der Waals surface area (Å²) >= 11 is 0. The molecule has 3 rings (SSSR count). The molecule has 2 aromatic rings. The number of hydrogen-bond donors (Lipinski definition) is 1. The Kier molecular flexibility index (Phi) is 10.1. The van der Waals surface area contributed by atoms with E-state index in [1.807, 2.05) is 24.0 Å². The molecule has 2 heterocycles. The molecule has 1 aromatic carbocycles. The van der Waals surface area contributed by atoms with E-state index in [0.29, 0.717) is 42.7 Å². The molecule has 8 heteroatoms. The minimum atomic E-state index is 0. The maximum absolute atomic E-state index is 12.7. The van der Waals surface area contributed by atoms with Crippen molar-refractivity contribution in [3.63, 3.8) is 0 Å². The average molecular weight is 428 g/mol. The van der Waals surface area contributed by atoms with Gasteiger partial charge in [-0.2, -0.15) is 0 Å². The molecule has 0 saturated carbocycles. The predicted octanol–water partition coefficient (Wildman–Crippen LogP) is 3.32. The summed E-state index contributed by atoms with van der Waals surface area (Å²) in [5, 5.41) is 0. The second-order valence-corrected chi connectivity index (χ2v) is 6.39. The van der Waals surface area contributed by atoms with E-state index >= 15 is 0 Å². The molecule has 1 aromatic heterocycles. The Morgan fingerprint density at radius 1 is 1.25 bits per heavy atom. The number of rotatable bonds is 7. The highest BCUT2D eigenvalue weighted by Gasteiger charge is 2.26. The number of aromatic nitrogens is 1. The Bertz CT molecular complexity index is 747. The fourth-order valence-corrected chi connectivity index (χ4v) is 3.07. The van der Waals surface area contributed by atoms with E-state index in [9.17, 15) is 4.79 Å². The molecule has 28 heavy (non-hydrogen) atoms. The summed E-state index contributed by atoms with van der Waals surface area (Å²) in [6.45, 7) is 4.90. The van der Waals surface area contributed by atoms with Gasteiger partial charge in [-0.3, -0.25) is 9.78 Å². The molecule has 1 atom stereocenters. The number of carbonyl (C=O) groups excluding carboxylic acids is 1. The number of carbonyl (C=O) groups is 1. The summed E-state index contributed by atoms with van der Waals surface area (Å²) in [5.41, 5.74) is 7.30. The maximum atomic E-state index is 12.7. The summed E-state index contributed by atoms with van der Waals surface area (Å²) < 4.78 is 11.6. The quantitative estimate of drug-likeness (QED) is 0.732.